The van der Waals surface area contributed by atoms with E-state index in [4.69, 9.17) is 9.47 Å². The molecule has 120 valence electrons. The maximum absolute atomic E-state index is 12.6. The van der Waals surface area contributed by atoms with Crippen molar-refractivity contribution >= 4 is 17.6 Å². The average Bonchev–Trinajstić information content (AvgIpc) is 3.22. The van der Waals surface area contributed by atoms with Gasteiger partial charge in [-0.25, -0.2) is 0 Å². The zero-order chi connectivity index (χ0) is 15.6. The molecule has 2 aliphatic heterocycles. The molecular weight excluding hydrogens is 314 g/mol. The number of benzene rings is 1. The summed E-state index contributed by atoms with van der Waals surface area (Å²) in [5, 5.41) is 0. The molecule has 1 fully saturated rings. The van der Waals surface area contributed by atoms with Gasteiger partial charge in [-0.3, -0.25) is 4.79 Å². The molecular formula is C16H17N3O3S. The van der Waals surface area contributed by atoms with Crippen LogP contribution in [0.15, 0.2) is 24.4 Å². The molecule has 0 N–H and O–H groups in total. The van der Waals surface area contributed by atoms with Gasteiger partial charge in [-0.05, 0) is 30.5 Å². The quantitative estimate of drug-likeness (QED) is 0.846. The lowest BCUT2D eigenvalue weighted by Gasteiger charge is -2.24. The topological polar surface area (TPSA) is 64.6 Å². The largest absolute Gasteiger partial charge is 0.490 e. The van der Waals surface area contributed by atoms with Crippen molar-refractivity contribution in [3.8, 4) is 11.5 Å². The Bertz CT molecular complexity index is 705. The van der Waals surface area contributed by atoms with Gasteiger partial charge in [0.2, 0.25) is 0 Å². The molecule has 1 amide bonds. The number of carbonyl (C=O) groups excluding carboxylic acids is 1. The molecule has 6 nitrogen and oxygen atoms in total. The predicted molar refractivity (Wildman–Crippen MR) is 85.0 cm³/mol. The highest BCUT2D eigenvalue weighted by Crippen LogP contribution is 2.38. The highest BCUT2D eigenvalue weighted by molar-refractivity contribution is 6.99. The number of hydrogen-bond acceptors (Lipinski definition) is 6. The minimum Gasteiger partial charge on any atom is -0.490 e. The molecule has 1 aromatic heterocycles. The van der Waals surface area contributed by atoms with Gasteiger partial charge in [0.15, 0.2) is 17.2 Å². The average molecular weight is 331 g/mol. The SMILES string of the molecule is O=C(c1cnsn1)N1CCCC1c1ccc2c(c1)OCCCO2. The molecule has 0 spiro atoms. The Morgan fingerprint density at radius 1 is 1.22 bits per heavy atom. The molecule has 7 heteroatoms. The summed E-state index contributed by atoms with van der Waals surface area (Å²) in [5.41, 5.74) is 1.51. The molecule has 1 saturated heterocycles. The standard InChI is InChI=1S/C16H17N3O3S/c20-16(12-10-17-23-18-12)19-6-1-3-13(19)11-4-5-14-15(9-11)22-8-2-7-21-14/h4-5,9-10,13H,1-3,6-8H2. The lowest BCUT2D eigenvalue weighted by atomic mass is 10.0. The third-order valence-corrected chi connectivity index (χ3v) is 4.73. The van der Waals surface area contributed by atoms with Crippen LogP contribution in [-0.2, 0) is 0 Å². The Balaban J connectivity index is 1.61. The van der Waals surface area contributed by atoms with Crippen molar-refractivity contribution in [3.63, 3.8) is 0 Å². The van der Waals surface area contributed by atoms with E-state index in [0.717, 1.165) is 54.6 Å². The molecule has 4 rings (SSSR count). The van der Waals surface area contributed by atoms with Gasteiger partial charge in [0.25, 0.3) is 5.91 Å². The van der Waals surface area contributed by atoms with Crippen LogP contribution in [0.25, 0.3) is 0 Å². The Morgan fingerprint density at radius 3 is 2.91 bits per heavy atom. The van der Waals surface area contributed by atoms with E-state index in [1.54, 1.807) is 0 Å². The molecule has 3 heterocycles. The highest BCUT2D eigenvalue weighted by Gasteiger charge is 2.32. The van der Waals surface area contributed by atoms with Crippen molar-refractivity contribution in [2.45, 2.75) is 25.3 Å². The first-order chi connectivity index (χ1) is 11.3. The van der Waals surface area contributed by atoms with Crippen molar-refractivity contribution < 1.29 is 14.3 Å². The molecule has 1 atom stereocenters. The van der Waals surface area contributed by atoms with Crippen LogP contribution in [0.3, 0.4) is 0 Å². The van der Waals surface area contributed by atoms with Crippen LogP contribution in [0.4, 0.5) is 0 Å². The minimum absolute atomic E-state index is 0.0478. The number of fused-ring (bicyclic) bond motifs is 1. The first-order valence-electron chi connectivity index (χ1n) is 7.81. The second kappa shape index (κ2) is 6.16. The summed E-state index contributed by atoms with van der Waals surface area (Å²) in [7, 11) is 0. The number of hydrogen-bond donors (Lipinski definition) is 0. The fraction of sp³-hybridized carbons (Fsp3) is 0.438. The number of nitrogens with zero attached hydrogens (tertiary/aromatic N) is 3. The van der Waals surface area contributed by atoms with Gasteiger partial charge >= 0.3 is 0 Å². The smallest absolute Gasteiger partial charge is 0.275 e. The monoisotopic (exact) mass is 331 g/mol. The summed E-state index contributed by atoms with van der Waals surface area (Å²) in [4.78, 5) is 14.5. The van der Waals surface area contributed by atoms with Gasteiger partial charge in [-0.15, -0.1) is 0 Å². The van der Waals surface area contributed by atoms with Gasteiger partial charge in [0.1, 0.15) is 0 Å². The maximum atomic E-state index is 12.6. The van der Waals surface area contributed by atoms with Crippen molar-refractivity contribution in [1.29, 1.82) is 0 Å². The Labute approximate surface area is 138 Å². The number of rotatable bonds is 2. The first kappa shape index (κ1) is 14.4. The van der Waals surface area contributed by atoms with Crippen LogP contribution < -0.4 is 9.47 Å². The zero-order valence-electron chi connectivity index (χ0n) is 12.6. The molecule has 1 aromatic carbocycles. The summed E-state index contributed by atoms with van der Waals surface area (Å²) < 4.78 is 19.4. The van der Waals surface area contributed by atoms with Crippen molar-refractivity contribution in [3.05, 3.63) is 35.7 Å². The van der Waals surface area contributed by atoms with E-state index in [0.29, 0.717) is 18.9 Å². The maximum Gasteiger partial charge on any atom is 0.275 e. The van der Waals surface area contributed by atoms with Gasteiger partial charge in [-0.1, -0.05) is 6.07 Å². The Kier molecular flexibility index (Phi) is 3.87. The molecule has 0 saturated carbocycles. The van der Waals surface area contributed by atoms with Crippen LogP contribution in [0, 0.1) is 0 Å². The molecule has 0 radical (unpaired) electrons. The van der Waals surface area contributed by atoms with E-state index in [9.17, 15) is 4.79 Å². The van der Waals surface area contributed by atoms with Crippen LogP contribution in [0.1, 0.15) is 41.4 Å². The van der Waals surface area contributed by atoms with E-state index < -0.39 is 0 Å². The Hall–Kier alpha value is -2.15. The number of ether oxygens (including phenoxy) is 2. The van der Waals surface area contributed by atoms with Crippen molar-refractivity contribution in [1.82, 2.24) is 13.6 Å². The van der Waals surface area contributed by atoms with E-state index >= 15 is 0 Å². The predicted octanol–water partition coefficient (Wildman–Crippen LogP) is 2.68. The number of aromatic nitrogens is 2. The molecule has 23 heavy (non-hydrogen) atoms. The van der Waals surface area contributed by atoms with E-state index in [1.807, 2.05) is 23.1 Å². The van der Waals surface area contributed by atoms with E-state index in [-0.39, 0.29) is 11.9 Å². The van der Waals surface area contributed by atoms with Crippen LogP contribution >= 0.6 is 11.7 Å². The number of carbonyl (C=O) groups is 1. The summed E-state index contributed by atoms with van der Waals surface area (Å²) in [6.45, 7) is 2.08. The van der Waals surface area contributed by atoms with Gasteiger partial charge < -0.3 is 14.4 Å². The molecule has 0 bridgehead atoms. The second-order valence-corrected chi connectivity index (χ2v) is 6.26. The van der Waals surface area contributed by atoms with Crippen LogP contribution in [0.2, 0.25) is 0 Å². The minimum atomic E-state index is -0.0478. The van der Waals surface area contributed by atoms with Gasteiger partial charge in [0.05, 0.1) is 37.2 Å². The normalized spacial score (nSPS) is 20.3. The van der Waals surface area contributed by atoms with Crippen LogP contribution in [0.5, 0.6) is 11.5 Å². The lowest BCUT2D eigenvalue weighted by Crippen LogP contribution is -2.30. The third-order valence-electron chi connectivity index (χ3n) is 4.25. The summed E-state index contributed by atoms with van der Waals surface area (Å²) in [6, 6.07) is 6.04. The zero-order valence-corrected chi connectivity index (χ0v) is 13.4. The molecule has 1 unspecified atom stereocenters. The van der Waals surface area contributed by atoms with Crippen molar-refractivity contribution in [2.24, 2.45) is 0 Å². The Morgan fingerprint density at radius 2 is 2.09 bits per heavy atom. The van der Waals surface area contributed by atoms with E-state index in [1.165, 1.54) is 6.20 Å². The molecule has 0 aliphatic carbocycles. The van der Waals surface area contributed by atoms with E-state index in [2.05, 4.69) is 8.75 Å². The molecule has 2 aliphatic rings. The first-order valence-corrected chi connectivity index (χ1v) is 8.54. The fourth-order valence-electron chi connectivity index (χ4n) is 3.15. The number of amides is 1. The number of likely N-dealkylation sites (tertiary alicyclic amines) is 1. The second-order valence-electron chi connectivity index (χ2n) is 5.71. The molecule has 2 aromatic rings. The summed E-state index contributed by atoms with van der Waals surface area (Å²) in [6.07, 6.45) is 4.36. The van der Waals surface area contributed by atoms with Gasteiger partial charge in [0, 0.05) is 13.0 Å². The van der Waals surface area contributed by atoms with Crippen LogP contribution in [-0.4, -0.2) is 39.3 Å². The van der Waals surface area contributed by atoms with Crippen molar-refractivity contribution in [2.75, 3.05) is 19.8 Å². The lowest BCUT2D eigenvalue weighted by molar-refractivity contribution is 0.0730. The summed E-state index contributed by atoms with van der Waals surface area (Å²) in [5.74, 6) is 1.51. The van der Waals surface area contributed by atoms with Gasteiger partial charge in [-0.2, -0.15) is 8.75 Å². The fourth-order valence-corrected chi connectivity index (χ4v) is 3.56. The summed E-state index contributed by atoms with van der Waals surface area (Å²) >= 11 is 1.06. The highest BCUT2D eigenvalue weighted by atomic mass is 32.1. The third kappa shape index (κ3) is 2.76.